The summed E-state index contributed by atoms with van der Waals surface area (Å²) in [4.78, 5) is 23.2. The van der Waals surface area contributed by atoms with Gasteiger partial charge in [0.2, 0.25) is 0 Å². The molecule has 1 amide bonds. The van der Waals surface area contributed by atoms with Crippen LogP contribution in [0, 0.1) is 13.8 Å². The lowest BCUT2D eigenvalue weighted by Gasteiger charge is -1.97. The maximum Gasteiger partial charge on any atom is 0.275 e. The fourth-order valence-electron chi connectivity index (χ4n) is 1.79. The molecule has 5 nitrogen and oxygen atoms in total. The highest BCUT2D eigenvalue weighted by molar-refractivity contribution is 7.22. The molecule has 0 saturated heterocycles. The van der Waals surface area contributed by atoms with Gasteiger partial charge in [-0.05, 0) is 31.5 Å². The van der Waals surface area contributed by atoms with Crippen LogP contribution in [0.25, 0.3) is 10.2 Å². The number of imidazole rings is 1. The third-order valence-electron chi connectivity index (χ3n) is 2.71. The molecule has 0 bridgehead atoms. The van der Waals surface area contributed by atoms with Crippen molar-refractivity contribution in [1.29, 1.82) is 0 Å². The van der Waals surface area contributed by atoms with Crippen molar-refractivity contribution in [2.45, 2.75) is 13.8 Å². The molecule has 0 aliphatic heterocycles. The Morgan fingerprint density at radius 1 is 1.37 bits per heavy atom. The van der Waals surface area contributed by atoms with E-state index in [0.717, 1.165) is 10.2 Å². The minimum absolute atomic E-state index is 0.226. The highest BCUT2D eigenvalue weighted by Crippen LogP contribution is 2.26. The number of aromatic nitrogens is 3. The fraction of sp³-hybridized carbons (Fsp3) is 0.154. The van der Waals surface area contributed by atoms with E-state index in [2.05, 4.69) is 26.3 Å². The number of benzene rings is 1. The molecular weight excluding hydrogens is 260 g/mol. The minimum atomic E-state index is -0.226. The average Bonchev–Trinajstić information content (AvgIpc) is 2.94. The summed E-state index contributed by atoms with van der Waals surface area (Å²) >= 11 is 1.46. The Kier molecular flexibility index (Phi) is 2.79. The zero-order valence-corrected chi connectivity index (χ0v) is 11.3. The number of hydrogen-bond donors (Lipinski definition) is 2. The van der Waals surface area contributed by atoms with Crippen molar-refractivity contribution >= 4 is 32.6 Å². The van der Waals surface area contributed by atoms with Gasteiger partial charge in [-0.1, -0.05) is 17.4 Å². The van der Waals surface area contributed by atoms with Crippen molar-refractivity contribution in [3.8, 4) is 0 Å². The van der Waals surface area contributed by atoms with E-state index in [1.165, 1.54) is 23.1 Å². The molecule has 1 aromatic carbocycles. The number of aromatic amines is 1. The summed E-state index contributed by atoms with van der Waals surface area (Å²) in [5, 5.41) is 3.37. The molecule has 0 atom stereocenters. The van der Waals surface area contributed by atoms with Gasteiger partial charge in [0, 0.05) is 0 Å². The Morgan fingerprint density at radius 2 is 2.21 bits per heavy atom. The average molecular weight is 272 g/mol. The topological polar surface area (TPSA) is 70.7 Å². The number of amides is 1. The van der Waals surface area contributed by atoms with Crippen LogP contribution in [0.5, 0.6) is 0 Å². The lowest BCUT2D eigenvalue weighted by atomic mass is 10.2. The maximum absolute atomic E-state index is 12.0. The zero-order chi connectivity index (χ0) is 13.4. The van der Waals surface area contributed by atoms with Gasteiger partial charge in [0.05, 0.1) is 16.4 Å². The summed E-state index contributed by atoms with van der Waals surface area (Å²) < 4.78 is 1.07. The molecule has 6 heteroatoms. The number of hydrogen-bond acceptors (Lipinski definition) is 4. The SMILES string of the molecule is Cc1ccc2nc(NC(=O)c3cnc(C)[nH]3)sc2c1. The largest absolute Gasteiger partial charge is 0.338 e. The Hall–Kier alpha value is -2.21. The number of carbonyl (C=O) groups excluding carboxylic acids is 1. The number of aryl methyl sites for hydroxylation is 2. The predicted molar refractivity (Wildman–Crippen MR) is 75.6 cm³/mol. The first-order valence-electron chi connectivity index (χ1n) is 5.82. The van der Waals surface area contributed by atoms with Crippen molar-refractivity contribution in [2.75, 3.05) is 5.32 Å². The predicted octanol–water partition coefficient (Wildman–Crippen LogP) is 2.89. The van der Waals surface area contributed by atoms with Crippen LogP contribution in [-0.2, 0) is 0 Å². The summed E-state index contributed by atoms with van der Waals surface area (Å²) in [6.45, 7) is 3.84. The minimum Gasteiger partial charge on any atom is -0.338 e. The van der Waals surface area contributed by atoms with E-state index in [1.54, 1.807) is 6.92 Å². The zero-order valence-electron chi connectivity index (χ0n) is 10.5. The Bertz CT molecular complexity index is 759. The van der Waals surface area contributed by atoms with Crippen molar-refractivity contribution in [3.05, 3.63) is 41.5 Å². The number of carbonyl (C=O) groups is 1. The van der Waals surface area contributed by atoms with Crippen molar-refractivity contribution < 1.29 is 4.79 Å². The van der Waals surface area contributed by atoms with E-state index >= 15 is 0 Å². The summed E-state index contributed by atoms with van der Waals surface area (Å²) in [5.41, 5.74) is 2.51. The molecular formula is C13H12N4OS. The molecule has 0 aliphatic carbocycles. The molecule has 96 valence electrons. The number of nitrogens with zero attached hydrogens (tertiary/aromatic N) is 2. The van der Waals surface area contributed by atoms with Gasteiger partial charge in [0.15, 0.2) is 5.13 Å². The van der Waals surface area contributed by atoms with E-state index in [9.17, 15) is 4.79 Å². The van der Waals surface area contributed by atoms with Gasteiger partial charge in [-0.25, -0.2) is 9.97 Å². The first-order valence-corrected chi connectivity index (χ1v) is 6.63. The van der Waals surface area contributed by atoms with E-state index in [0.29, 0.717) is 16.6 Å². The molecule has 0 fully saturated rings. The summed E-state index contributed by atoms with van der Waals surface area (Å²) in [5.74, 6) is 0.487. The van der Waals surface area contributed by atoms with Gasteiger partial charge in [-0.15, -0.1) is 0 Å². The van der Waals surface area contributed by atoms with Crippen molar-refractivity contribution in [2.24, 2.45) is 0 Å². The molecule has 2 heterocycles. The molecule has 0 spiro atoms. The van der Waals surface area contributed by atoms with Gasteiger partial charge < -0.3 is 4.98 Å². The second-order valence-corrected chi connectivity index (χ2v) is 5.36. The quantitative estimate of drug-likeness (QED) is 0.753. The highest BCUT2D eigenvalue weighted by Gasteiger charge is 2.11. The Morgan fingerprint density at radius 3 is 2.95 bits per heavy atom. The van der Waals surface area contributed by atoms with Crippen molar-refractivity contribution in [1.82, 2.24) is 15.0 Å². The number of H-pyrrole nitrogens is 1. The first kappa shape index (κ1) is 11.9. The van der Waals surface area contributed by atoms with Crippen LogP contribution < -0.4 is 5.32 Å². The second kappa shape index (κ2) is 4.47. The highest BCUT2D eigenvalue weighted by atomic mass is 32.1. The lowest BCUT2D eigenvalue weighted by molar-refractivity contribution is 0.102. The van der Waals surface area contributed by atoms with Crippen LogP contribution in [0.2, 0.25) is 0 Å². The molecule has 3 aromatic rings. The van der Waals surface area contributed by atoms with Gasteiger partial charge in [0.25, 0.3) is 5.91 Å². The molecule has 0 radical (unpaired) electrons. The second-order valence-electron chi connectivity index (χ2n) is 4.33. The Labute approximate surface area is 113 Å². The van der Waals surface area contributed by atoms with Crippen LogP contribution in [0.3, 0.4) is 0 Å². The van der Waals surface area contributed by atoms with Gasteiger partial charge in [-0.3, -0.25) is 10.1 Å². The normalized spacial score (nSPS) is 10.8. The van der Waals surface area contributed by atoms with E-state index in [-0.39, 0.29) is 5.91 Å². The van der Waals surface area contributed by atoms with Crippen molar-refractivity contribution in [3.63, 3.8) is 0 Å². The molecule has 2 aromatic heterocycles. The molecule has 19 heavy (non-hydrogen) atoms. The van der Waals surface area contributed by atoms with Gasteiger partial charge in [0.1, 0.15) is 11.5 Å². The number of anilines is 1. The lowest BCUT2D eigenvalue weighted by Crippen LogP contribution is -2.11. The van der Waals surface area contributed by atoms with Crippen LogP contribution in [-0.4, -0.2) is 20.9 Å². The number of thiazole rings is 1. The smallest absolute Gasteiger partial charge is 0.275 e. The number of rotatable bonds is 2. The monoisotopic (exact) mass is 272 g/mol. The van der Waals surface area contributed by atoms with Crippen LogP contribution in [0.1, 0.15) is 21.9 Å². The molecule has 0 unspecified atom stereocenters. The fourth-order valence-corrected chi connectivity index (χ4v) is 2.75. The third-order valence-corrected chi connectivity index (χ3v) is 3.65. The molecule has 2 N–H and O–H groups in total. The van der Waals surface area contributed by atoms with Gasteiger partial charge in [-0.2, -0.15) is 0 Å². The third kappa shape index (κ3) is 2.34. The molecule has 0 aliphatic rings. The standard InChI is InChI=1S/C13H12N4OS/c1-7-3-4-9-11(5-7)19-13(16-9)17-12(18)10-6-14-8(2)15-10/h3-6H,1-2H3,(H,14,15)(H,16,17,18). The first-order chi connectivity index (χ1) is 9.11. The summed E-state index contributed by atoms with van der Waals surface area (Å²) in [6, 6.07) is 6.02. The van der Waals surface area contributed by atoms with Crippen LogP contribution in [0.4, 0.5) is 5.13 Å². The van der Waals surface area contributed by atoms with E-state index in [4.69, 9.17) is 0 Å². The van der Waals surface area contributed by atoms with Crippen LogP contribution >= 0.6 is 11.3 Å². The maximum atomic E-state index is 12.0. The summed E-state index contributed by atoms with van der Waals surface area (Å²) in [6.07, 6.45) is 1.52. The summed E-state index contributed by atoms with van der Waals surface area (Å²) in [7, 11) is 0. The molecule has 0 saturated carbocycles. The van der Waals surface area contributed by atoms with E-state index in [1.807, 2.05) is 19.1 Å². The number of fused-ring (bicyclic) bond motifs is 1. The van der Waals surface area contributed by atoms with Crippen LogP contribution in [0.15, 0.2) is 24.4 Å². The van der Waals surface area contributed by atoms with Gasteiger partial charge >= 0.3 is 0 Å². The Balaban J connectivity index is 1.87. The van der Waals surface area contributed by atoms with E-state index < -0.39 is 0 Å². The molecule has 3 rings (SSSR count). The number of nitrogens with one attached hydrogen (secondary N) is 2.